The molecule has 0 radical (unpaired) electrons. The van der Waals surface area contributed by atoms with Crippen molar-refractivity contribution in [2.75, 3.05) is 7.11 Å². The van der Waals surface area contributed by atoms with E-state index >= 15 is 0 Å². The van der Waals surface area contributed by atoms with Crippen molar-refractivity contribution in [1.82, 2.24) is 5.32 Å². The lowest BCUT2D eigenvalue weighted by atomic mass is 10.1. The van der Waals surface area contributed by atoms with E-state index in [2.05, 4.69) is 39.9 Å². The molecule has 0 aromatic carbocycles. The van der Waals surface area contributed by atoms with E-state index in [-0.39, 0.29) is 16.7 Å². The summed E-state index contributed by atoms with van der Waals surface area (Å²) in [5.41, 5.74) is 0.337. The summed E-state index contributed by atoms with van der Waals surface area (Å²) in [6, 6.07) is 0. The smallest absolute Gasteiger partial charge is 0.125 e. The van der Waals surface area contributed by atoms with Crippen LogP contribution in [0.1, 0.15) is 41.0 Å². The van der Waals surface area contributed by atoms with Gasteiger partial charge in [0.05, 0.1) is 0 Å². The Morgan fingerprint density at radius 1 is 1.25 bits per heavy atom. The minimum absolute atomic E-state index is 0.0781. The summed E-state index contributed by atoms with van der Waals surface area (Å²) in [6.07, 6.45) is 1.10. The molecular weight excluding hydrogens is 150 g/mol. The first-order chi connectivity index (χ1) is 5.22. The van der Waals surface area contributed by atoms with Crippen molar-refractivity contribution in [2.24, 2.45) is 5.41 Å². The molecule has 0 bridgehead atoms. The van der Waals surface area contributed by atoms with Gasteiger partial charge in [-0.2, -0.15) is 0 Å². The quantitative estimate of drug-likeness (QED) is 0.643. The highest BCUT2D eigenvalue weighted by molar-refractivity contribution is 5.12. The number of hydrogen-bond donors (Lipinski definition) is 1. The molecule has 72 valence electrons. The van der Waals surface area contributed by atoms with Crippen LogP contribution in [-0.4, -0.2) is 18.4 Å². The first kappa shape index (κ1) is 10.0. The van der Waals surface area contributed by atoms with Gasteiger partial charge in [-0.05, 0) is 27.2 Å². The molecule has 0 aliphatic heterocycles. The highest BCUT2D eigenvalue weighted by Gasteiger charge is 2.63. The van der Waals surface area contributed by atoms with Gasteiger partial charge in [0.2, 0.25) is 0 Å². The molecule has 0 aromatic rings. The average molecular weight is 171 g/mol. The van der Waals surface area contributed by atoms with Crippen LogP contribution in [-0.2, 0) is 4.74 Å². The Morgan fingerprint density at radius 2 is 1.67 bits per heavy atom. The van der Waals surface area contributed by atoms with Gasteiger partial charge in [0, 0.05) is 18.1 Å². The lowest BCUT2D eigenvalue weighted by molar-refractivity contribution is 0.000200. The number of methoxy groups -OCH3 is 1. The van der Waals surface area contributed by atoms with Gasteiger partial charge in [-0.3, -0.25) is 5.32 Å². The Hall–Kier alpha value is -0.0800. The highest BCUT2D eigenvalue weighted by Crippen LogP contribution is 2.56. The third-order valence-electron chi connectivity index (χ3n) is 2.58. The second kappa shape index (κ2) is 2.46. The minimum Gasteiger partial charge on any atom is -0.363 e. The molecule has 1 saturated carbocycles. The molecule has 1 aliphatic carbocycles. The Kier molecular flexibility index (Phi) is 2.05. The van der Waals surface area contributed by atoms with E-state index in [1.54, 1.807) is 7.11 Å². The van der Waals surface area contributed by atoms with E-state index in [0.29, 0.717) is 0 Å². The molecule has 2 nitrogen and oxygen atoms in total. The second-order valence-corrected chi connectivity index (χ2v) is 5.47. The van der Waals surface area contributed by atoms with Crippen LogP contribution in [0.5, 0.6) is 0 Å². The van der Waals surface area contributed by atoms with E-state index in [4.69, 9.17) is 4.74 Å². The maximum Gasteiger partial charge on any atom is 0.125 e. The molecule has 1 fully saturated rings. The Morgan fingerprint density at radius 3 is 1.75 bits per heavy atom. The largest absolute Gasteiger partial charge is 0.363 e. The zero-order valence-corrected chi connectivity index (χ0v) is 9.12. The summed E-state index contributed by atoms with van der Waals surface area (Å²) in [5.74, 6) is 0. The molecule has 2 heteroatoms. The summed E-state index contributed by atoms with van der Waals surface area (Å²) in [5, 5.41) is 3.52. The fourth-order valence-corrected chi connectivity index (χ4v) is 1.80. The van der Waals surface area contributed by atoms with Crippen LogP contribution < -0.4 is 5.32 Å². The maximum atomic E-state index is 5.53. The molecule has 1 atom stereocenters. The first-order valence-corrected chi connectivity index (χ1v) is 4.57. The zero-order valence-electron chi connectivity index (χ0n) is 9.12. The van der Waals surface area contributed by atoms with Crippen LogP contribution >= 0.6 is 0 Å². The average Bonchev–Trinajstić information content (AvgIpc) is 2.30. The van der Waals surface area contributed by atoms with E-state index in [1.807, 2.05) is 0 Å². The number of nitrogens with one attached hydrogen (secondary N) is 1. The van der Waals surface area contributed by atoms with E-state index in [9.17, 15) is 0 Å². The van der Waals surface area contributed by atoms with Gasteiger partial charge in [0.1, 0.15) is 5.72 Å². The predicted molar refractivity (Wildman–Crippen MR) is 51.0 cm³/mol. The minimum atomic E-state index is -0.0781. The SMILES string of the molecule is COC1(NC(C)(C)C)CC1(C)C. The van der Waals surface area contributed by atoms with Crippen molar-refractivity contribution in [1.29, 1.82) is 0 Å². The summed E-state index contributed by atoms with van der Waals surface area (Å²) in [4.78, 5) is 0. The predicted octanol–water partition coefficient (Wildman–Crippen LogP) is 2.15. The van der Waals surface area contributed by atoms with Crippen LogP contribution in [0.3, 0.4) is 0 Å². The maximum absolute atomic E-state index is 5.53. The zero-order chi connectivity index (χ0) is 9.62. The monoisotopic (exact) mass is 171 g/mol. The third-order valence-corrected chi connectivity index (χ3v) is 2.58. The van der Waals surface area contributed by atoms with Crippen molar-refractivity contribution in [2.45, 2.75) is 52.3 Å². The van der Waals surface area contributed by atoms with Gasteiger partial charge >= 0.3 is 0 Å². The third kappa shape index (κ3) is 1.64. The van der Waals surface area contributed by atoms with E-state index in [0.717, 1.165) is 6.42 Å². The lowest BCUT2D eigenvalue weighted by Crippen LogP contribution is -2.49. The molecule has 0 heterocycles. The van der Waals surface area contributed by atoms with Crippen LogP contribution in [0.4, 0.5) is 0 Å². The highest BCUT2D eigenvalue weighted by atomic mass is 16.5. The second-order valence-electron chi connectivity index (χ2n) is 5.47. The molecule has 0 amide bonds. The Labute approximate surface area is 75.7 Å². The van der Waals surface area contributed by atoms with Crippen LogP contribution in [0.25, 0.3) is 0 Å². The van der Waals surface area contributed by atoms with Gasteiger partial charge in [0.25, 0.3) is 0 Å². The molecule has 1 unspecified atom stereocenters. The molecule has 0 aromatic heterocycles. The van der Waals surface area contributed by atoms with Gasteiger partial charge in [-0.25, -0.2) is 0 Å². The molecule has 12 heavy (non-hydrogen) atoms. The topological polar surface area (TPSA) is 21.3 Å². The van der Waals surface area contributed by atoms with Crippen LogP contribution in [0, 0.1) is 5.41 Å². The number of ether oxygens (including phenoxy) is 1. The van der Waals surface area contributed by atoms with Crippen molar-refractivity contribution in [3.8, 4) is 0 Å². The van der Waals surface area contributed by atoms with Gasteiger partial charge in [-0.15, -0.1) is 0 Å². The lowest BCUT2D eigenvalue weighted by Gasteiger charge is -2.30. The summed E-state index contributed by atoms with van der Waals surface area (Å²) in [6.45, 7) is 11.0. The normalized spacial score (nSPS) is 33.5. The van der Waals surface area contributed by atoms with Gasteiger partial charge in [0.15, 0.2) is 0 Å². The van der Waals surface area contributed by atoms with Crippen LogP contribution in [0.15, 0.2) is 0 Å². The molecule has 0 spiro atoms. The van der Waals surface area contributed by atoms with Crippen molar-refractivity contribution in [3.05, 3.63) is 0 Å². The standard InChI is InChI=1S/C10H21NO/c1-8(2,3)11-10(12-6)7-9(10,4)5/h11H,7H2,1-6H3. The molecule has 0 saturated heterocycles. The summed E-state index contributed by atoms with van der Waals surface area (Å²) in [7, 11) is 1.79. The molecule has 1 aliphatic rings. The first-order valence-electron chi connectivity index (χ1n) is 4.57. The van der Waals surface area contributed by atoms with Crippen LogP contribution in [0.2, 0.25) is 0 Å². The summed E-state index contributed by atoms with van der Waals surface area (Å²) >= 11 is 0. The fourth-order valence-electron chi connectivity index (χ4n) is 1.80. The van der Waals surface area contributed by atoms with Gasteiger partial charge < -0.3 is 4.74 Å². The van der Waals surface area contributed by atoms with E-state index < -0.39 is 0 Å². The van der Waals surface area contributed by atoms with Crippen molar-refractivity contribution >= 4 is 0 Å². The number of hydrogen-bond acceptors (Lipinski definition) is 2. The van der Waals surface area contributed by atoms with Crippen molar-refractivity contribution in [3.63, 3.8) is 0 Å². The summed E-state index contributed by atoms with van der Waals surface area (Å²) < 4.78 is 5.53. The van der Waals surface area contributed by atoms with Gasteiger partial charge in [-0.1, -0.05) is 13.8 Å². The Bertz CT molecular complexity index is 181. The van der Waals surface area contributed by atoms with E-state index in [1.165, 1.54) is 0 Å². The Balaban J connectivity index is 2.62. The van der Waals surface area contributed by atoms with Crippen molar-refractivity contribution < 1.29 is 4.74 Å². The fraction of sp³-hybridized carbons (Fsp3) is 1.00. The molecule has 1 N–H and O–H groups in total. The molecule has 1 rings (SSSR count). The molecular formula is C10H21NO. The number of rotatable bonds is 2.